The van der Waals surface area contributed by atoms with Crippen LogP contribution in [0.3, 0.4) is 0 Å². The molecular formula is C19H15N3OS. The minimum Gasteiger partial charge on any atom is -0.392 e. The molecule has 0 saturated carbocycles. The fraction of sp³-hybridized carbons (Fsp3) is 0.0526. The number of aliphatic hydroxyl groups is 1. The Morgan fingerprint density at radius 1 is 0.958 bits per heavy atom. The maximum atomic E-state index is 9.62. The molecular weight excluding hydrogens is 318 g/mol. The number of pyridine rings is 2. The quantitative estimate of drug-likeness (QED) is 0.612. The minimum absolute atomic E-state index is 0.0384. The van der Waals surface area contributed by atoms with Gasteiger partial charge in [-0.05, 0) is 30.0 Å². The summed E-state index contributed by atoms with van der Waals surface area (Å²) in [6.45, 7) is -0.0384. The van der Waals surface area contributed by atoms with E-state index in [1.54, 1.807) is 18.0 Å². The third-order valence-corrected chi connectivity index (χ3v) is 4.78. The number of hydrogen-bond donors (Lipinski definition) is 1. The highest BCUT2D eigenvalue weighted by Gasteiger charge is 2.17. The van der Waals surface area contributed by atoms with Crippen LogP contribution in [0, 0.1) is 0 Å². The zero-order chi connectivity index (χ0) is 16.4. The third kappa shape index (κ3) is 2.68. The van der Waals surface area contributed by atoms with E-state index in [9.17, 15) is 5.11 Å². The van der Waals surface area contributed by atoms with Gasteiger partial charge in [0, 0.05) is 23.5 Å². The molecule has 0 saturated heterocycles. The highest BCUT2D eigenvalue weighted by molar-refractivity contribution is 7.99. The van der Waals surface area contributed by atoms with Crippen LogP contribution in [0.25, 0.3) is 16.9 Å². The van der Waals surface area contributed by atoms with Gasteiger partial charge in [-0.15, -0.1) is 0 Å². The second-order valence-corrected chi connectivity index (χ2v) is 6.30. The molecule has 118 valence electrons. The van der Waals surface area contributed by atoms with Crippen molar-refractivity contribution in [2.45, 2.75) is 16.7 Å². The standard InChI is InChI=1S/C19H15N3OS/c23-13-15-9-6-12-22-18(15)21-17(14-7-2-1-3-8-14)19(22)24-16-10-4-5-11-20-16/h1-12,23H,13H2. The van der Waals surface area contributed by atoms with Gasteiger partial charge in [0.1, 0.15) is 21.4 Å². The van der Waals surface area contributed by atoms with Crippen LogP contribution in [0.4, 0.5) is 0 Å². The molecule has 3 aromatic heterocycles. The molecule has 0 bridgehead atoms. The first-order chi connectivity index (χ1) is 11.9. The highest BCUT2D eigenvalue weighted by Crippen LogP contribution is 2.36. The first-order valence-corrected chi connectivity index (χ1v) is 8.43. The minimum atomic E-state index is -0.0384. The van der Waals surface area contributed by atoms with E-state index in [1.165, 1.54) is 0 Å². The lowest BCUT2D eigenvalue weighted by Gasteiger charge is -2.05. The fourth-order valence-corrected chi connectivity index (χ4v) is 3.58. The summed E-state index contributed by atoms with van der Waals surface area (Å²) in [7, 11) is 0. The smallest absolute Gasteiger partial charge is 0.143 e. The van der Waals surface area contributed by atoms with E-state index in [2.05, 4.69) is 4.98 Å². The lowest BCUT2D eigenvalue weighted by atomic mass is 10.2. The fourth-order valence-electron chi connectivity index (χ4n) is 2.61. The molecule has 0 atom stereocenters. The number of benzene rings is 1. The summed E-state index contributed by atoms with van der Waals surface area (Å²) in [4.78, 5) is 9.21. The summed E-state index contributed by atoms with van der Waals surface area (Å²) in [5.41, 5.74) is 3.52. The van der Waals surface area contributed by atoms with Crippen molar-refractivity contribution in [3.8, 4) is 11.3 Å². The van der Waals surface area contributed by atoms with Crippen molar-refractivity contribution in [3.63, 3.8) is 0 Å². The Morgan fingerprint density at radius 3 is 2.54 bits per heavy atom. The Bertz CT molecular complexity index is 968. The molecule has 0 aliphatic carbocycles. The monoisotopic (exact) mass is 333 g/mol. The molecule has 0 spiro atoms. The van der Waals surface area contributed by atoms with E-state index in [1.807, 2.05) is 71.3 Å². The average Bonchev–Trinajstić information content (AvgIpc) is 3.02. The number of hydrogen-bond acceptors (Lipinski definition) is 4. The van der Waals surface area contributed by atoms with Gasteiger partial charge in [-0.3, -0.25) is 4.40 Å². The lowest BCUT2D eigenvalue weighted by molar-refractivity contribution is 0.282. The van der Waals surface area contributed by atoms with Crippen molar-refractivity contribution in [1.82, 2.24) is 14.4 Å². The molecule has 24 heavy (non-hydrogen) atoms. The van der Waals surface area contributed by atoms with Crippen molar-refractivity contribution >= 4 is 17.4 Å². The molecule has 0 amide bonds. The zero-order valence-corrected chi connectivity index (χ0v) is 13.6. The predicted octanol–water partition coefficient (Wildman–Crippen LogP) is 4.04. The van der Waals surface area contributed by atoms with E-state index in [0.29, 0.717) is 0 Å². The molecule has 3 heterocycles. The molecule has 4 nitrogen and oxygen atoms in total. The van der Waals surface area contributed by atoms with Gasteiger partial charge in [-0.25, -0.2) is 9.97 Å². The largest absolute Gasteiger partial charge is 0.392 e. The van der Waals surface area contributed by atoms with E-state index in [4.69, 9.17) is 4.98 Å². The second-order valence-electron chi connectivity index (χ2n) is 5.29. The summed E-state index contributed by atoms with van der Waals surface area (Å²) >= 11 is 1.57. The average molecular weight is 333 g/mol. The number of fused-ring (bicyclic) bond motifs is 1. The third-order valence-electron chi connectivity index (χ3n) is 3.74. The number of nitrogens with zero attached hydrogens (tertiary/aromatic N) is 3. The van der Waals surface area contributed by atoms with Gasteiger partial charge in [0.25, 0.3) is 0 Å². The number of aromatic nitrogens is 3. The summed E-state index contributed by atoms with van der Waals surface area (Å²) in [5.74, 6) is 0. The first kappa shape index (κ1) is 14.9. The summed E-state index contributed by atoms with van der Waals surface area (Å²) in [6, 6.07) is 19.8. The van der Waals surface area contributed by atoms with Crippen LogP contribution in [0.2, 0.25) is 0 Å². The Hall–Kier alpha value is -2.63. The molecule has 1 aromatic carbocycles. The Balaban J connectivity index is 1.94. The van der Waals surface area contributed by atoms with Gasteiger partial charge < -0.3 is 5.11 Å². The van der Waals surface area contributed by atoms with E-state index >= 15 is 0 Å². The maximum absolute atomic E-state index is 9.62. The SMILES string of the molecule is OCc1cccn2c(Sc3ccccn3)c(-c3ccccc3)nc12. The molecule has 0 radical (unpaired) electrons. The number of aliphatic hydroxyl groups excluding tert-OH is 1. The topological polar surface area (TPSA) is 50.4 Å². The van der Waals surface area contributed by atoms with E-state index in [0.717, 1.165) is 32.5 Å². The van der Waals surface area contributed by atoms with E-state index in [-0.39, 0.29) is 6.61 Å². The Kier molecular flexibility index (Phi) is 4.02. The lowest BCUT2D eigenvalue weighted by Crippen LogP contribution is -1.92. The van der Waals surface area contributed by atoms with Gasteiger partial charge in [0.15, 0.2) is 0 Å². The molecule has 4 rings (SSSR count). The zero-order valence-electron chi connectivity index (χ0n) is 12.8. The second kappa shape index (κ2) is 6.47. The van der Waals surface area contributed by atoms with Crippen LogP contribution in [-0.2, 0) is 6.61 Å². The van der Waals surface area contributed by atoms with Crippen molar-refractivity contribution in [2.75, 3.05) is 0 Å². The van der Waals surface area contributed by atoms with Gasteiger partial charge in [-0.1, -0.05) is 42.5 Å². The Morgan fingerprint density at radius 2 is 1.79 bits per heavy atom. The van der Waals surface area contributed by atoms with Crippen molar-refractivity contribution in [3.05, 3.63) is 78.6 Å². The summed E-state index contributed by atoms with van der Waals surface area (Å²) < 4.78 is 2.02. The van der Waals surface area contributed by atoms with Crippen LogP contribution >= 0.6 is 11.8 Å². The van der Waals surface area contributed by atoms with Gasteiger partial charge in [0.05, 0.1) is 6.61 Å². The molecule has 4 aromatic rings. The van der Waals surface area contributed by atoms with Crippen LogP contribution < -0.4 is 0 Å². The summed E-state index contributed by atoms with van der Waals surface area (Å²) in [5, 5.41) is 11.5. The molecule has 5 heteroatoms. The molecule has 0 fully saturated rings. The van der Waals surface area contributed by atoms with E-state index < -0.39 is 0 Å². The normalized spacial score (nSPS) is 11.0. The van der Waals surface area contributed by atoms with Crippen molar-refractivity contribution in [2.24, 2.45) is 0 Å². The molecule has 0 aliphatic rings. The highest BCUT2D eigenvalue weighted by atomic mass is 32.2. The van der Waals surface area contributed by atoms with Crippen molar-refractivity contribution < 1.29 is 5.11 Å². The predicted molar refractivity (Wildman–Crippen MR) is 94.9 cm³/mol. The van der Waals surface area contributed by atoms with Gasteiger partial charge in [0.2, 0.25) is 0 Å². The maximum Gasteiger partial charge on any atom is 0.143 e. The summed E-state index contributed by atoms with van der Waals surface area (Å²) in [6.07, 6.45) is 3.76. The van der Waals surface area contributed by atoms with Crippen molar-refractivity contribution in [1.29, 1.82) is 0 Å². The van der Waals surface area contributed by atoms with Crippen LogP contribution in [0.1, 0.15) is 5.56 Å². The Labute approximate surface area is 143 Å². The number of imidazole rings is 1. The molecule has 0 aliphatic heterocycles. The first-order valence-electron chi connectivity index (χ1n) is 7.62. The number of rotatable bonds is 4. The van der Waals surface area contributed by atoms with Crippen LogP contribution in [0.15, 0.2) is 83.1 Å². The van der Waals surface area contributed by atoms with Crippen LogP contribution in [-0.4, -0.2) is 19.5 Å². The molecule has 0 unspecified atom stereocenters. The van der Waals surface area contributed by atoms with Gasteiger partial charge >= 0.3 is 0 Å². The molecule has 1 N–H and O–H groups in total. The van der Waals surface area contributed by atoms with Gasteiger partial charge in [-0.2, -0.15) is 0 Å². The van der Waals surface area contributed by atoms with Crippen LogP contribution in [0.5, 0.6) is 0 Å².